The molecule has 1 aromatic heterocycles. The molecule has 0 aromatic carbocycles. The van der Waals surface area contributed by atoms with Gasteiger partial charge in [0.15, 0.2) is 5.13 Å². The van der Waals surface area contributed by atoms with Crippen molar-refractivity contribution in [2.24, 2.45) is 11.7 Å². The number of nitrogens with zero attached hydrogens (tertiary/aromatic N) is 2. The Kier molecular flexibility index (Phi) is 3.20. The van der Waals surface area contributed by atoms with E-state index >= 15 is 0 Å². The number of nitrogens with two attached hydrogens (primary N) is 2. The lowest BCUT2D eigenvalue weighted by atomic mass is 10.0. The van der Waals surface area contributed by atoms with Crippen molar-refractivity contribution in [3.05, 3.63) is 10.6 Å². The van der Waals surface area contributed by atoms with Gasteiger partial charge in [-0.2, -0.15) is 0 Å². The second-order valence-electron chi connectivity index (χ2n) is 5.33. The van der Waals surface area contributed by atoms with Crippen molar-refractivity contribution in [2.75, 3.05) is 12.3 Å². The van der Waals surface area contributed by atoms with Crippen LogP contribution in [0.25, 0.3) is 0 Å². The number of aromatic nitrogens is 1. The van der Waals surface area contributed by atoms with E-state index in [1.54, 1.807) is 0 Å². The molecule has 1 fully saturated rings. The number of thiazole rings is 1. The van der Waals surface area contributed by atoms with Gasteiger partial charge in [0.2, 0.25) is 5.91 Å². The summed E-state index contributed by atoms with van der Waals surface area (Å²) < 4.78 is 0. The van der Waals surface area contributed by atoms with Crippen molar-refractivity contribution in [1.82, 2.24) is 9.88 Å². The van der Waals surface area contributed by atoms with Gasteiger partial charge in [-0.3, -0.25) is 4.79 Å². The SMILES string of the molecule is Nc1nc2c(s1)CN(C(=O)[C@H]1C[C@@H](N)[C@H](O)C1)CC2. The summed E-state index contributed by atoms with van der Waals surface area (Å²) in [6, 6.07) is -0.270. The van der Waals surface area contributed by atoms with E-state index in [0.29, 0.717) is 31.1 Å². The minimum Gasteiger partial charge on any atom is -0.391 e. The van der Waals surface area contributed by atoms with E-state index in [2.05, 4.69) is 4.98 Å². The smallest absolute Gasteiger partial charge is 0.226 e. The number of carbonyl (C=O) groups excluding carboxylic acids is 1. The van der Waals surface area contributed by atoms with Crippen LogP contribution in [0.1, 0.15) is 23.4 Å². The quantitative estimate of drug-likeness (QED) is 0.656. The highest BCUT2D eigenvalue weighted by Gasteiger charge is 2.37. The van der Waals surface area contributed by atoms with E-state index in [9.17, 15) is 9.90 Å². The fourth-order valence-corrected chi connectivity index (χ4v) is 3.81. The first-order chi connectivity index (χ1) is 9.04. The maximum Gasteiger partial charge on any atom is 0.226 e. The van der Waals surface area contributed by atoms with Crippen LogP contribution in [0.5, 0.6) is 0 Å². The van der Waals surface area contributed by atoms with E-state index in [-0.39, 0.29) is 17.9 Å². The second kappa shape index (κ2) is 4.73. The average molecular weight is 282 g/mol. The lowest BCUT2D eigenvalue weighted by Crippen LogP contribution is -2.39. The van der Waals surface area contributed by atoms with E-state index < -0.39 is 6.10 Å². The minimum atomic E-state index is -0.548. The molecule has 1 aliphatic carbocycles. The molecule has 0 bridgehead atoms. The summed E-state index contributed by atoms with van der Waals surface area (Å²) in [5.74, 6) is -0.0403. The molecule has 3 rings (SSSR count). The van der Waals surface area contributed by atoms with Gasteiger partial charge in [-0.15, -0.1) is 11.3 Å². The summed E-state index contributed by atoms with van der Waals surface area (Å²) in [6.07, 6.45) is 1.27. The number of rotatable bonds is 1. The van der Waals surface area contributed by atoms with Gasteiger partial charge >= 0.3 is 0 Å². The third-order valence-corrected chi connectivity index (χ3v) is 4.90. The molecule has 2 aliphatic rings. The Morgan fingerprint density at radius 1 is 1.47 bits per heavy atom. The highest BCUT2D eigenvalue weighted by Crippen LogP contribution is 2.31. The number of anilines is 1. The number of amides is 1. The summed E-state index contributed by atoms with van der Waals surface area (Å²) in [5.41, 5.74) is 12.5. The third kappa shape index (κ3) is 2.33. The first-order valence-electron chi connectivity index (χ1n) is 6.51. The number of aliphatic hydroxyl groups excluding tert-OH is 1. The van der Waals surface area contributed by atoms with Crippen LogP contribution >= 0.6 is 11.3 Å². The lowest BCUT2D eigenvalue weighted by Gasteiger charge is -2.28. The summed E-state index contributed by atoms with van der Waals surface area (Å²) in [4.78, 5) is 19.6. The molecule has 104 valence electrons. The molecule has 6 nitrogen and oxygen atoms in total. The molecule has 7 heteroatoms. The van der Waals surface area contributed by atoms with Gasteiger partial charge in [-0.25, -0.2) is 4.98 Å². The zero-order valence-electron chi connectivity index (χ0n) is 10.6. The van der Waals surface area contributed by atoms with Crippen molar-refractivity contribution in [2.45, 2.75) is 38.0 Å². The van der Waals surface area contributed by atoms with E-state index in [1.165, 1.54) is 11.3 Å². The van der Waals surface area contributed by atoms with Crippen molar-refractivity contribution in [3.8, 4) is 0 Å². The molecule has 2 heterocycles. The summed E-state index contributed by atoms with van der Waals surface area (Å²) in [7, 11) is 0. The van der Waals surface area contributed by atoms with Gasteiger partial charge in [0.25, 0.3) is 0 Å². The van der Waals surface area contributed by atoms with Crippen molar-refractivity contribution in [1.29, 1.82) is 0 Å². The predicted octanol–water partition coefficient (Wildman–Crippen LogP) is -0.292. The maximum atomic E-state index is 12.4. The monoisotopic (exact) mass is 282 g/mol. The minimum absolute atomic E-state index is 0.102. The van der Waals surface area contributed by atoms with Gasteiger partial charge in [-0.1, -0.05) is 0 Å². The van der Waals surface area contributed by atoms with Crippen molar-refractivity contribution >= 4 is 22.4 Å². The molecule has 0 spiro atoms. The zero-order chi connectivity index (χ0) is 13.6. The van der Waals surface area contributed by atoms with E-state index in [0.717, 1.165) is 17.0 Å². The van der Waals surface area contributed by atoms with Crippen LogP contribution in [0, 0.1) is 5.92 Å². The average Bonchev–Trinajstić information content (AvgIpc) is 2.90. The molecular formula is C12H18N4O2S. The summed E-state index contributed by atoms with van der Waals surface area (Å²) in [5, 5.41) is 10.2. The first-order valence-corrected chi connectivity index (χ1v) is 7.32. The molecule has 5 N–H and O–H groups in total. The van der Waals surface area contributed by atoms with Gasteiger partial charge in [-0.05, 0) is 12.8 Å². The van der Waals surface area contributed by atoms with Crippen LogP contribution in [0.15, 0.2) is 0 Å². The Bertz CT molecular complexity index is 494. The Labute approximate surface area is 115 Å². The number of hydrogen-bond donors (Lipinski definition) is 3. The largest absolute Gasteiger partial charge is 0.391 e. The molecule has 3 atom stereocenters. The normalized spacial score (nSPS) is 30.4. The van der Waals surface area contributed by atoms with Gasteiger partial charge in [0, 0.05) is 29.8 Å². The highest BCUT2D eigenvalue weighted by molar-refractivity contribution is 7.15. The number of fused-ring (bicyclic) bond motifs is 1. The highest BCUT2D eigenvalue weighted by atomic mass is 32.1. The number of hydrogen-bond acceptors (Lipinski definition) is 6. The molecule has 1 saturated carbocycles. The fraction of sp³-hybridized carbons (Fsp3) is 0.667. The van der Waals surface area contributed by atoms with E-state index in [1.807, 2.05) is 4.90 Å². The molecule has 1 aliphatic heterocycles. The maximum absolute atomic E-state index is 12.4. The van der Waals surface area contributed by atoms with Crippen LogP contribution < -0.4 is 11.5 Å². The Balaban J connectivity index is 1.69. The number of aliphatic hydroxyl groups is 1. The van der Waals surface area contributed by atoms with Crippen LogP contribution in [0.2, 0.25) is 0 Å². The molecule has 19 heavy (non-hydrogen) atoms. The summed E-state index contributed by atoms with van der Waals surface area (Å²) in [6.45, 7) is 1.27. The Morgan fingerprint density at radius 3 is 2.95 bits per heavy atom. The Morgan fingerprint density at radius 2 is 2.26 bits per heavy atom. The van der Waals surface area contributed by atoms with Crippen LogP contribution in [-0.2, 0) is 17.8 Å². The molecule has 0 saturated heterocycles. The number of nitrogen functional groups attached to an aromatic ring is 1. The van der Waals surface area contributed by atoms with Crippen LogP contribution in [0.4, 0.5) is 5.13 Å². The third-order valence-electron chi connectivity index (χ3n) is 3.99. The fourth-order valence-electron chi connectivity index (χ4n) is 2.91. The molecular weight excluding hydrogens is 264 g/mol. The predicted molar refractivity (Wildman–Crippen MR) is 72.4 cm³/mol. The van der Waals surface area contributed by atoms with Crippen molar-refractivity contribution < 1.29 is 9.90 Å². The Hall–Kier alpha value is -1.18. The molecule has 1 amide bonds. The van der Waals surface area contributed by atoms with E-state index in [4.69, 9.17) is 11.5 Å². The zero-order valence-corrected chi connectivity index (χ0v) is 11.4. The summed E-state index contributed by atoms with van der Waals surface area (Å²) >= 11 is 1.45. The molecule has 0 unspecified atom stereocenters. The second-order valence-corrected chi connectivity index (χ2v) is 6.45. The molecule has 0 radical (unpaired) electrons. The standard InChI is InChI=1S/C12H18N4O2S/c13-7-3-6(4-9(7)17)11(18)16-2-1-8-10(5-16)19-12(14)15-8/h6-7,9,17H,1-5,13H2,(H2,14,15)/t6-,7+,9+/m0/s1. The lowest BCUT2D eigenvalue weighted by molar-refractivity contribution is -0.136. The first kappa shape index (κ1) is 12.8. The van der Waals surface area contributed by atoms with Gasteiger partial charge in [0.05, 0.1) is 18.3 Å². The molecule has 1 aromatic rings. The van der Waals surface area contributed by atoms with Crippen molar-refractivity contribution in [3.63, 3.8) is 0 Å². The topological polar surface area (TPSA) is 105 Å². The number of carbonyl (C=O) groups is 1. The van der Waals surface area contributed by atoms with Gasteiger partial charge < -0.3 is 21.5 Å². The van der Waals surface area contributed by atoms with Gasteiger partial charge in [0.1, 0.15) is 0 Å². The van der Waals surface area contributed by atoms with Crippen LogP contribution in [-0.4, -0.2) is 39.6 Å². The van der Waals surface area contributed by atoms with Crippen LogP contribution in [0.3, 0.4) is 0 Å².